The van der Waals surface area contributed by atoms with E-state index in [1.165, 1.54) is 0 Å². The highest BCUT2D eigenvalue weighted by atomic mass is 79.9. The molecule has 0 saturated heterocycles. The van der Waals surface area contributed by atoms with Gasteiger partial charge in [0.05, 0.1) is 16.6 Å². The Bertz CT molecular complexity index is 1540. The van der Waals surface area contributed by atoms with Crippen LogP contribution in [0, 0.1) is 0 Å². The van der Waals surface area contributed by atoms with Crippen LogP contribution in [0.1, 0.15) is 27.3 Å². The van der Waals surface area contributed by atoms with Gasteiger partial charge in [-0.25, -0.2) is 9.78 Å². The number of rotatable bonds is 6. The molecular formula is C29H20Br2N2O2. The Balaban J connectivity index is 1.64. The first-order valence-electron chi connectivity index (χ1n) is 11.0. The van der Waals surface area contributed by atoms with E-state index in [1.807, 2.05) is 91.0 Å². The van der Waals surface area contributed by atoms with Crippen molar-refractivity contribution in [1.82, 2.24) is 9.55 Å². The van der Waals surface area contributed by atoms with Gasteiger partial charge in [0.2, 0.25) is 0 Å². The summed E-state index contributed by atoms with van der Waals surface area (Å²) in [5, 5.41) is 0. The molecule has 0 spiro atoms. The van der Waals surface area contributed by atoms with E-state index < -0.39 is 5.97 Å². The molecule has 5 aromatic rings. The van der Waals surface area contributed by atoms with E-state index >= 15 is 0 Å². The number of fused-ring (bicyclic) bond motifs is 1. The Morgan fingerprint density at radius 2 is 1.37 bits per heavy atom. The molecular weight excluding hydrogens is 568 g/mol. The van der Waals surface area contributed by atoms with Crippen molar-refractivity contribution in [1.29, 1.82) is 0 Å². The second-order valence-corrected chi connectivity index (χ2v) is 9.60. The highest BCUT2D eigenvalue weighted by Gasteiger charge is 2.18. The van der Waals surface area contributed by atoms with Crippen molar-refractivity contribution in [3.63, 3.8) is 0 Å². The van der Waals surface area contributed by atoms with Gasteiger partial charge in [-0.2, -0.15) is 0 Å². The quantitative estimate of drug-likeness (QED) is 0.149. The highest BCUT2D eigenvalue weighted by molar-refractivity contribution is 9.10. The molecule has 0 N–H and O–H groups in total. The average Bonchev–Trinajstić information content (AvgIpc) is 3.21. The summed E-state index contributed by atoms with van der Waals surface area (Å²) in [7, 11) is 0. The van der Waals surface area contributed by atoms with E-state index in [0.717, 1.165) is 26.6 Å². The second-order valence-electron chi connectivity index (χ2n) is 7.89. The van der Waals surface area contributed by atoms with Crippen molar-refractivity contribution < 1.29 is 9.53 Å². The number of carbonyl (C=O) groups is 1. The summed E-state index contributed by atoms with van der Waals surface area (Å²) < 4.78 is 9.62. The average molecular weight is 588 g/mol. The minimum Gasteiger partial charge on any atom is -0.422 e. The van der Waals surface area contributed by atoms with E-state index in [1.54, 1.807) is 6.07 Å². The molecule has 0 saturated carbocycles. The van der Waals surface area contributed by atoms with Crippen molar-refractivity contribution in [2.75, 3.05) is 0 Å². The smallest absolute Gasteiger partial charge is 0.344 e. The largest absolute Gasteiger partial charge is 0.422 e. The van der Waals surface area contributed by atoms with E-state index in [-0.39, 0.29) is 0 Å². The monoisotopic (exact) mass is 586 g/mol. The third-order valence-corrected chi connectivity index (χ3v) is 6.95. The molecule has 35 heavy (non-hydrogen) atoms. The lowest BCUT2D eigenvalue weighted by atomic mass is 10.1. The summed E-state index contributed by atoms with van der Waals surface area (Å²) in [6.07, 6.45) is 1.83. The molecule has 0 aliphatic rings. The zero-order chi connectivity index (χ0) is 24.2. The molecule has 4 aromatic carbocycles. The zero-order valence-corrected chi connectivity index (χ0v) is 21.7. The molecule has 0 aliphatic carbocycles. The van der Waals surface area contributed by atoms with Gasteiger partial charge in [-0.15, -0.1) is 0 Å². The van der Waals surface area contributed by atoms with Crippen LogP contribution in [0.4, 0.5) is 0 Å². The van der Waals surface area contributed by atoms with Crippen LogP contribution in [-0.4, -0.2) is 15.5 Å². The molecule has 4 nitrogen and oxygen atoms in total. The van der Waals surface area contributed by atoms with E-state index in [0.29, 0.717) is 28.2 Å². The summed E-state index contributed by atoms with van der Waals surface area (Å²) in [4.78, 5) is 18.0. The first-order valence-corrected chi connectivity index (χ1v) is 12.6. The maximum Gasteiger partial charge on any atom is 0.344 e. The lowest BCUT2D eigenvalue weighted by Gasteiger charge is -2.13. The molecule has 0 amide bonds. The van der Waals surface area contributed by atoms with E-state index in [9.17, 15) is 4.79 Å². The zero-order valence-electron chi connectivity index (χ0n) is 18.6. The Labute approximate surface area is 220 Å². The fourth-order valence-corrected chi connectivity index (χ4v) is 4.79. The number of aromatic nitrogens is 2. The molecule has 0 fully saturated rings. The summed E-state index contributed by atoms with van der Waals surface area (Å²) in [5.41, 5.74) is 4.23. The summed E-state index contributed by atoms with van der Waals surface area (Å²) in [5.74, 6) is 0.647. The van der Waals surface area contributed by atoms with Gasteiger partial charge >= 0.3 is 5.97 Å². The van der Waals surface area contributed by atoms with Crippen molar-refractivity contribution in [3.8, 4) is 0 Å². The Hall–Kier alpha value is -3.48. The molecule has 1 heterocycles. The van der Waals surface area contributed by atoms with Crippen molar-refractivity contribution in [3.05, 3.63) is 135 Å². The van der Waals surface area contributed by atoms with Crippen LogP contribution in [0.25, 0.3) is 22.9 Å². The van der Waals surface area contributed by atoms with Crippen molar-refractivity contribution in [2.24, 2.45) is 0 Å². The van der Waals surface area contributed by atoms with Crippen LogP contribution >= 0.6 is 31.9 Å². The number of esters is 1. The Morgan fingerprint density at radius 3 is 2.09 bits per heavy atom. The van der Waals surface area contributed by atoms with Gasteiger partial charge in [0, 0.05) is 27.1 Å². The predicted molar refractivity (Wildman–Crippen MR) is 147 cm³/mol. The first-order chi connectivity index (χ1) is 17.1. The number of halogens is 2. The molecule has 0 radical (unpaired) electrons. The second kappa shape index (κ2) is 10.4. The number of hydrogen-bond donors (Lipinski definition) is 0. The summed E-state index contributed by atoms with van der Waals surface area (Å²) >= 11 is 7.06. The van der Waals surface area contributed by atoms with Crippen LogP contribution in [-0.2, 0) is 11.3 Å². The normalized spacial score (nSPS) is 11.5. The fraction of sp³-hybridized carbons (Fsp3) is 0.0345. The van der Waals surface area contributed by atoms with Crippen LogP contribution in [0.5, 0.6) is 0 Å². The van der Waals surface area contributed by atoms with Crippen LogP contribution < -0.4 is 0 Å². The third-order valence-electron chi connectivity index (χ3n) is 5.56. The number of nitrogens with zero attached hydrogens (tertiary/aromatic N) is 2. The van der Waals surface area contributed by atoms with Gasteiger partial charge in [0.25, 0.3) is 0 Å². The molecule has 1 aromatic heterocycles. The van der Waals surface area contributed by atoms with Gasteiger partial charge in [-0.05, 0) is 51.8 Å². The van der Waals surface area contributed by atoms with Gasteiger partial charge in [0.15, 0.2) is 0 Å². The van der Waals surface area contributed by atoms with Gasteiger partial charge in [-0.3, -0.25) is 0 Å². The van der Waals surface area contributed by atoms with Crippen molar-refractivity contribution in [2.45, 2.75) is 6.54 Å². The molecule has 172 valence electrons. The van der Waals surface area contributed by atoms with Crippen LogP contribution in [0.3, 0.4) is 0 Å². The fourth-order valence-electron chi connectivity index (χ4n) is 3.86. The number of benzene rings is 4. The highest BCUT2D eigenvalue weighted by Crippen LogP contribution is 2.30. The molecule has 0 unspecified atom stereocenters. The van der Waals surface area contributed by atoms with Gasteiger partial charge in [0.1, 0.15) is 11.6 Å². The molecule has 0 atom stereocenters. The van der Waals surface area contributed by atoms with Crippen LogP contribution in [0.15, 0.2) is 112 Å². The summed E-state index contributed by atoms with van der Waals surface area (Å²) in [6.45, 7) is 0.634. The molecule has 0 aliphatic heterocycles. The maximum absolute atomic E-state index is 13.2. The first kappa shape index (κ1) is 23.3. The Morgan fingerprint density at radius 1 is 0.771 bits per heavy atom. The summed E-state index contributed by atoms with van der Waals surface area (Å²) in [6, 6.07) is 33.1. The van der Waals surface area contributed by atoms with E-state index in [4.69, 9.17) is 9.72 Å². The molecule has 0 bridgehead atoms. The molecule has 6 heteroatoms. The topological polar surface area (TPSA) is 44.1 Å². The Kier molecular flexibility index (Phi) is 6.93. The van der Waals surface area contributed by atoms with Crippen molar-refractivity contribution >= 4 is 60.7 Å². The maximum atomic E-state index is 13.2. The lowest BCUT2D eigenvalue weighted by Crippen LogP contribution is -2.07. The number of para-hydroxylation sites is 2. The van der Waals surface area contributed by atoms with Crippen LogP contribution in [0.2, 0.25) is 0 Å². The number of carbonyl (C=O) groups excluding carboxylic acids is 1. The minimum absolute atomic E-state index is 0.405. The van der Waals surface area contributed by atoms with Gasteiger partial charge < -0.3 is 9.30 Å². The SMILES string of the molecule is O=C(O/C(=C/c1nc2ccccc2n1Cc1ccccc1)c1ccccc1Br)c1ccccc1Br. The predicted octanol–water partition coefficient (Wildman–Crippen LogP) is 7.96. The van der Waals surface area contributed by atoms with Gasteiger partial charge in [-0.1, -0.05) is 88.7 Å². The number of hydrogen-bond acceptors (Lipinski definition) is 3. The third kappa shape index (κ3) is 5.14. The number of ether oxygens (including phenoxy) is 1. The molecule has 5 rings (SSSR count). The minimum atomic E-state index is -0.454. The van der Waals surface area contributed by atoms with E-state index in [2.05, 4.69) is 48.6 Å². The lowest BCUT2D eigenvalue weighted by molar-refractivity contribution is 0.0692. The number of imidazole rings is 1. The standard InChI is InChI=1S/C29H20Br2N2O2/c30-23-14-6-4-12-21(23)27(35-29(34)22-13-5-7-15-24(22)31)18-28-32-25-16-8-9-17-26(25)33(28)19-20-10-2-1-3-11-20/h1-18H,19H2/b27-18+.